The lowest BCUT2D eigenvalue weighted by Gasteiger charge is -2.52. The summed E-state index contributed by atoms with van der Waals surface area (Å²) in [5.74, 6) is -0.290. The van der Waals surface area contributed by atoms with Crippen LogP contribution in [-0.4, -0.2) is 48.2 Å². The molecule has 2 heterocycles. The second-order valence-electron chi connectivity index (χ2n) is 10.2. The number of piperidine rings is 1. The van der Waals surface area contributed by atoms with E-state index in [1.807, 2.05) is 34.1 Å². The molecule has 4 N–H and O–H groups in total. The van der Waals surface area contributed by atoms with E-state index in [0.29, 0.717) is 50.5 Å². The zero-order valence-electron chi connectivity index (χ0n) is 21.3. The molecule has 2 atom stereocenters. The van der Waals surface area contributed by atoms with Crippen molar-refractivity contribution in [1.29, 1.82) is 0 Å². The Labute approximate surface area is 221 Å². The summed E-state index contributed by atoms with van der Waals surface area (Å²) in [6.45, 7) is 3.82. The van der Waals surface area contributed by atoms with E-state index in [-0.39, 0.29) is 35.2 Å². The number of allylic oxidation sites excluding steroid dienone is 2. The van der Waals surface area contributed by atoms with Gasteiger partial charge in [0, 0.05) is 48.9 Å². The van der Waals surface area contributed by atoms with Crippen molar-refractivity contribution < 1.29 is 19.6 Å². The largest absolute Gasteiger partial charge is 0.628 e. The van der Waals surface area contributed by atoms with Gasteiger partial charge < -0.3 is 36.3 Å². The summed E-state index contributed by atoms with van der Waals surface area (Å²) in [5.41, 5.74) is 7.47. The number of anilines is 2. The second-order valence-corrected chi connectivity index (χ2v) is 10.2. The number of nitrogens with two attached hydrogens (primary N) is 1. The van der Waals surface area contributed by atoms with Crippen LogP contribution in [0.2, 0.25) is 0 Å². The average Bonchev–Trinajstić information content (AvgIpc) is 2.92. The monoisotopic (exact) mass is 518 g/mol. The van der Waals surface area contributed by atoms with E-state index in [1.165, 1.54) is 6.07 Å². The van der Waals surface area contributed by atoms with Crippen molar-refractivity contribution in [1.82, 2.24) is 10.2 Å². The van der Waals surface area contributed by atoms with Gasteiger partial charge in [0.1, 0.15) is 6.61 Å². The Balaban J connectivity index is 1.27. The lowest BCUT2D eigenvalue weighted by molar-refractivity contribution is -0.714. The Morgan fingerprint density at radius 3 is 2.61 bits per heavy atom. The molecule has 0 aromatic heterocycles. The van der Waals surface area contributed by atoms with Gasteiger partial charge in [0.2, 0.25) is 0 Å². The van der Waals surface area contributed by atoms with Crippen LogP contribution in [0.25, 0.3) is 0 Å². The molecule has 10 heteroatoms. The summed E-state index contributed by atoms with van der Waals surface area (Å²) in [6.07, 6.45) is 9.10. The van der Waals surface area contributed by atoms with Crippen LogP contribution in [0.4, 0.5) is 21.9 Å². The minimum Gasteiger partial charge on any atom is -0.628 e. The third-order valence-electron chi connectivity index (χ3n) is 7.82. The number of hydrogen-bond donors (Lipinski definition) is 3. The fourth-order valence-electron chi connectivity index (χ4n) is 5.62. The molecule has 2 aromatic carbocycles. The number of ether oxygens (including phenoxy) is 1. The van der Waals surface area contributed by atoms with Gasteiger partial charge in [-0.1, -0.05) is 36.4 Å². The van der Waals surface area contributed by atoms with Gasteiger partial charge in [-0.15, -0.1) is 0 Å². The Kier molecular flexibility index (Phi) is 7.11. The second kappa shape index (κ2) is 10.5. The van der Waals surface area contributed by atoms with E-state index < -0.39 is 10.8 Å². The Morgan fingerprint density at radius 2 is 1.89 bits per heavy atom. The van der Waals surface area contributed by atoms with Gasteiger partial charge in [0.15, 0.2) is 5.69 Å². The molecule has 1 aliphatic carbocycles. The highest BCUT2D eigenvalue weighted by molar-refractivity contribution is 5.95. The Morgan fingerprint density at radius 1 is 1.16 bits per heavy atom. The van der Waals surface area contributed by atoms with Crippen LogP contribution in [0.5, 0.6) is 0 Å². The van der Waals surface area contributed by atoms with Crippen molar-refractivity contribution in [2.45, 2.75) is 37.9 Å². The average molecular weight is 519 g/mol. The van der Waals surface area contributed by atoms with Crippen molar-refractivity contribution in [3.05, 3.63) is 88.3 Å². The smallest absolute Gasteiger partial charge is 0.410 e. The number of nitrogen functional groups attached to an aromatic ring is 1. The Hall–Kier alpha value is -3.86. The van der Waals surface area contributed by atoms with Gasteiger partial charge in [0.05, 0.1) is 11.2 Å². The van der Waals surface area contributed by atoms with Crippen molar-refractivity contribution in [3.63, 3.8) is 0 Å². The maximum Gasteiger partial charge on any atom is 0.410 e. The zero-order valence-corrected chi connectivity index (χ0v) is 21.3. The summed E-state index contributed by atoms with van der Waals surface area (Å²) in [7, 11) is 0. The van der Waals surface area contributed by atoms with Crippen molar-refractivity contribution in [2.75, 3.05) is 30.3 Å². The highest BCUT2D eigenvalue weighted by atomic mass is 16.8. The lowest BCUT2D eigenvalue weighted by atomic mass is 9.78. The minimum atomic E-state index is -1.34. The molecule has 200 valence electrons. The highest BCUT2D eigenvalue weighted by Gasteiger charge is 2.48. The van der Waals surface area contributed by atoms with Crippen molar-refractivity contribution in [3.8, 4) is 0 Å². The van der Waals surface area contributed by atoms with Gasteiger partial charge in [-0.05, 0) is 49.6 Å². The number of quaternary nitrogens is 1. The number of carbonyl (C=O) groups is 2. The predicted molar refractivity (Wildman–Crippen MR) is 144 cm³/mol. The normalized spacial score (nSPS) is 23.4. The molecule has 2 fully saturated rings. The SMILES string of the molecule is CC12C=CC=CC1COC(=O)N2C1CCN(c2ccc(C(=O)NCc3ccc(N)cc3)cc2[NH+]([O-])[O-])CC1. The quantitative estimate of drug-likeness (QED) is 0.395. The molecule has 0 saturated carbocycles. The number of fused-ring (bicyclic) bond motifs is 1. The van der Waals surface area contributed by atoms with Gasteiger partial charge >= 0.3 is 6.09 Å². The topological polar surface area (TPSA) is 138 Å². The number of amides is 2. The van der Waals surface area contributed by atoms with E-state index >= 15 is 0 Å². The van der Waals surface area contributed by atoms with Gasteiger partial charge in [-0.25, -0.2) is 4.79 Å². The molecule has 3 aliphatic rings. The summed E-state index contributed by atoms with van der Waals surface area (Å²) in [6, 6.07) is 11.8. The number of nitrogens with one attached hydrogen (secondary N) is 2. The van der Waals surface area contributed by atoms with Gasteiger partial charge in [0.25, 0.3) is 5.91 Å². The number of carbonyl (C=O) groups excluding carboxylic acids is 2. The molecule has 0 bridgehead atoms. The minimum absolute atomic E-state index is 0.0339. The number of cyclic esters (lactones) is 1. The lowest BCUT2D eigenvalue weighted by Crippen LogP contribution is -2.96. The first kappa shape index (κ1) is 25.8. The number of benzene rings is 2. The van der Waals surface area contributed by atoms with E-state index in [4.69, 9.17) is 10.5 Å². The van der Waals surface area contributed by atoms with Crippen molar-refractivity contribution in [2.24, 2.45) is 5.92 Å². The molecule has 0 spiro atoms. The number of hydrogen-bond acceptors (Lipinski definition) is 7. The van der Waals surface area contributed by atoms with E-state index in [0.717, 1.165) is 5.56 Å². The molecule has 2 saturated heterocycles. The molecular weight excluding hydrogens is 486 g/mol. The van der Waals surface area contributed by atoms with Gasteiger partial charge in [-0.2, -0.15) is 0 Å². The fraction of sp³-hybridized carbons (Fsp3) is 0.357. The maximum atomic E-state index is 12.8. The summed E-state index contributed by atoms with van der Waals surface area (Å²) in [4.78, 5) is 29.4. The van der Waals surface area contributed by atoms with Crippen LogP contribution >= 0.6 is 0 Å². The third kappa shape index (κ3) is 4.98. The molecule has 2 aromatic rings. The molecule has 0 radical (unpaired) electrons. The molecule has 2 amide bonds. The summed E-state index contributed by atoms with van der Waals surface area (Å²) < 4.78 is 5.49. The molecule has 38 heavy (non-hydrogen) atoms. The maximum absolute atomic E-state index is 12.8. The van der Waals surface area contributed by atoms with Crippen molar-refractivity contribution >= 4 is 29.1 Å². The summed E-state index contributed by atoms with van der Waals surface area (Å²) in [5, 5.41) is 25.5. The van der Waals surface area contributed by atoms with E-state index in [2.05, 4.69) is 24.4 Å². The van der Waals surface area contributed by atoms with E-state index in [1.54, 1.807) is 24.3 Å². The first-order valence-electron chi connectivity index (χ1n) is 12.8. The number of nitrogens with zero attached hydrogens (tertiary/aromatic N) is 2. The first-order valence-corrected chi connectivity index (χ1v) is 12.8. The molecule has 2 aliphatic heterocycles. The summed E-state index contributed by atoms with van der Waals surface area (Å²) >= 11 is 0. The third-order valence-corrected chi connectivity index (χ3v) is 7.82. The zero-order chi connectivity index (χ0) is 26.9. The first-order chi connectivity index (χ1) is 18.3. The van der Waals surface area contributed by atoms with E-state index in [9.17, 15) is 20.0 Å². The highest BCUT2D eigenvalue weighted by Crippen LogP contribution is 2.39. The Bertz CT molecular complexity index is 1250. The van der Waals surface area contributed by atoms with Crippen LogP contribution in [0, 0.1) is 16.3 Å². The molecular formula is C28H32N5O5-. The molecule has 5 rings (SSSR count). The molecule has 2 unspecified atom stereocenters. The van der Waals surface area contributed by atoms with Crippen LogP contribution < -0.4 is 21.2 Å². The number of rotatable bonds is 6. The molecule has 10 nitrogen and oxygen atoms in total. The predicted octanol–water partition coefficient (Wildman–Crippen LogP) is 2.63. The van der Waals surface area contributed by atoms with Crippen LogP contribution in [0.1, 0.15) is 35.7 Å². The van der Waals surface area contributed by atoms with Crippen LogP contribution in [0.15, 0.2) is 66.8 Å². The van der Waals surface area contributed by atoms with Crippen LogP contribution in [-0.2, 0) is 11.3 Å². The van der Waals surface area contributed by atoms with Crippen LogP contribution in [0.3, 0.4) is 0 Å². The van der Waals surface area contributed by atoms with Gasteiger partial charge in [-0.3, -0.25) is 9.69 Å². The fourth-order valence-corrected chi connectivity index (χ4v) is 5.62. The standard InChI is InChI=1S/C28H32N5O5/c1-28-13-3-2-4-21(28)18-38-27(35)32(28)23-11-14-31(15-12-23)24-10-7-20(16-25(24)33(36)37)26(34)30-17-19-5-8-22(29)9-6-19/h2-10,13,16,21,23,33H,11-12,14-15,17-18,29H2,1H3,(H,30,34)/q-1.